The van der Waals surface area contributed by atoms with E-state index in [9.17, 15) is 38.7 Å². The summed E-state index contributed by atoms with van der Waals surface area (Å²) >= 11 is 0. The average molecular weight is 757 g/mol. The molecule has 1 saturated heterocycles. The van der Waals surface area contributed by atoms with Crippen molar-refractivity contribution in [3.63, 3.8) is 0 Å². The molecule has 0 aliphatic carbocycles. The summed E-state index contributed by atoms with van der Waals surface area (Å²) in [6.07, 6.45) is 14.2. The summed E-state index contributed by atoms with van der Waals surface area (Å²) < 4.78 is 0. The number of likely N-dealkylation sites (tertiary alicyclic amines) is 1. The number of carboxylic acid groups (broad SMARTS) is 1. The van der Waals surface area contributed by atoms with Crippen molar-refractivity contribution < 1.29 is 38.7 Å². The molecule has 302 valence electrons. The fourth-order valence-corrected chi connectivity index (χ4v) is 6.41. The second-order valence-electron chi connectivity index (χ2n) is 14.5. The van der Waals surface area contributed by atoms with Crippen LogP contribution in [0.15, 0.2) is 30.3 Å². The van der Waals surface area contributed by atoms with Crippen LogP contribution in [0.4, 0.5) is 0 Å². The smallest absolute Gasteiger partial charge is 0.326 e. The first-order chi connectivity index (χ1) is 25.7. The van der Waals surface area contributed by atoms with Gasteiger partial charge in [-0.05, 0) is 52.5 Å². The van der Waals surface area contributed by atoms with Crippen LogP contribution in [0.1, 0.15) is 130 Å². The van der Waals surface area contributed by atoms with Gasteiger partial charge in [-0.2, -0.15) is 0 Å². The van der Waals surface area contributed by atoms with Gasteiger partial charge in [-0.25, -0.2) is 4.79 Å². The summed E-state index contributed by atoms with van der Waals surface area (Å²) in [6, 6.07) is 2.82. The number of hydrogen-bond acceptors (Lipinski definition) is 7. The lowest BCUT2D eigenvalue weighted by Gasteiger charge is -2.28. The molecule has 1 aromatic rings. The number of rotatable bonds is 25. The first-order valence-corrected chi connectivity index (χ1v) is 19.8. The van der Waals surface area contributed by atoms with Gasteiger partial charge >= 0.3 is 5.97 Å². The number of benzene rings is 1. The predicted octanol–water partition coefficient (Wildman–Crippen LogP) is 3.51. The second-order valence-corrected chi connectivity index (χ2v) is 14.5. The highest BCUT2D eigenvalue weighted by molar-refractivity contribution is 5.96. The van der Waals surface area contributed by atoms with Gasteiger partial charge in [0.15, 0.2) is 0 Å². The second kappa shape index (κ2) is 24.8. The van der Waals surface area contributed by atoms with E-state index >= 15 is 0 Å². The van der Waals surface area contributed by atoms with Gasteiger partial charge in [-0.15, -0.1) is 0 Å². The lowest BCUT2D eigenvalue weighted by molar-refractivity contribution is -0.144. The summed E-state index contributed by atoms with van der Waals surface area (Å²) in [5.41, 5.74) is 0.738. The van der Waals surface area contributed by atoms with Gasteiger partial charge in [0.2, 0.25) is 35.4 Å². The minimum absolute atomic E-state index is 0.0794. The van der Waals surface area contributed by atoms with Crippen molar-refractivity contribution in [1.82, 2.24) is 31.5 Å². The highest BCUT2D eigenvalue weighted by Crippen LogP contribution is 2.19. The Labute approximate surface area is 320 Å². The minimum atomic E-state index is -1.19. The minimum Gasteiger partial charge on any atom is -0.480 e. The monoisotopic (exact) mass is 756 g/mol. The SMILES string of the molecule is CCCCCCCCCCCCCC(=O)NC(C)C(=O)NC(C)C(=O)NC(C)C(=O)NC(C)C(=O)N1CCCC1C(=O)NC(Cc1ccccc1)C(=O)O. The molecule has 6 amide bonds. The van der Waals surface area contributed by atoms with Crippen LogP contribution < -0.4 is 26.6 Å². The van der Waals surface area contributed by atoms with Crippen LogP contribution in [0.5, 0.6) is 0 Å². The molecular weight excluding hydrogens is 692 g/mol. The maximum Gasteiger partial charge on any atom is 0.326 e. The van der Waals surface area contributed by atoms with Gasteiger partial charge < -0.3 is 36.6 Å². The molecule has 0 radical (unpaired) electrons. The Morgan fingerprint density at radius 2 is 1.15 bits per heavy atom. The lowest BCUT2D eigenvalue weighted by Crippen LogP contribution is -2.57. The number of unbranched alkanes of at least 4 members (excludes halogenated alkanes) is 10. The molecule has 54 heavy (non-hydrogen) atoms. The van der Waals surface area contributed by atoms with E-state index in [4.69, 9.17) is 0 Å². The quantitative estimate of drug-likeness (QED) is 0.0814. The Morgan fingerprint density at radius 1 is 0.667 bits per heavy atom. The zero-order valence-corrected chi connectivity index (χ0v) is 32.9. The van der Waals surface area contributed by atoms with Gasteiger partial charge in [-0.3, -0.25) is 28.8 Å². The van der Waals surface area contributed by atoms with E-state index in [1.54, 1.807) is 30.3 Å². The Hall–Kier alpha value is -4.49. The first kappa shape index (κ1) is 45.7. The summed E-state index contributed by atoms with van der Waals surface area (Å²) in [6.45, 7) is 8.37. The van der Waals surface area contributed by atoms with Crippen LogP contribution in [-0.4, -0.2) is 94.2 Å². The van der Waals surface area contributed by atoms with Crippen LogP contribution in [-0.2, 0) is 40.0 Å². The van der Waals surface area contributed by atoms with Gasteiger partial charge in [0.1, 0.15) is 36.3 Å². The van der Waals surface area contributed by atoms with Crippen LogP contribution >= 0.6 is 0 Å². The van der Waals surface area contributed by atoms with Gasteiger partial charge in [-0.1, -0.05) is 101 Å². The number of carboxylic acids is 1. The van der Waals surface area contributed by atoms with Crippen molar-refractivity contribution in [2.24, 2.45) is 0 Å². The number of nitrogens with zero attached hydrogens (tertiary/aromatic N) is 1. The van der Waals surface area contributed by atoms with Crippen molar-refractivity contribution in [1.29, 1.82) is 0 Å². The van der Waals surface area contributed by atoms with Gasteiger partial charge in [0.05, 0.1) is 0 Å². The zero-order valence-electron chi connectivity index (χ0n) is 32.9. The average Bonchev–Trinajstić information content (AvgIpc) is 3.63. The molecule has 1 heterocycles. The Morgan fingerprint density at radius 3 is 1.67 bits per heavy atom. The highest BCUT2D eigenvalue weighted by Gasteiger charge is 2.38. The first-order valence-electron chi connectivity index (χ1n) is 19.8. The van der Waals surface area contributed by atoms with Gasteiger partial charge in [0.25, 0.3) is 0 Å². The van der Waals surface area contributed by atoms with E-state index in [1.165, 1.54) is 84.0 Å². The van der Waals surface area contributed by atoms with Crippen LogP contribution in [0.25, 0.3) is 0 Å². The summed E-state index contributed by atoms with van der Waals surface area (Å²) in [5, 5.41) is 22.6. The predicted molar refractivity (Wildman–Crippen MR) is 206 cm³/mol. The number of carbonyl (C=O) groups is 7. The number of carbonyl (C=O) groups excluding carboxylic acids is 6. The normalized spacial score (nSPS) is 16.6. The number of amides is 6. The maximum absolute atomic E-state index is 13.3. The molecule has 1 aromatic carbocycles. The molecule has 0 spiro atoms. The third-order valence-electron chi connectivity index (χ3n) is 9.75. The van der Waals surface area contributed by atoms with E-state index in [2.05, 4.69) is 33.5 Å². The molecule has 0 bridgehead atoms. The summed E-state index contributed by atoms with van der Waals surface area (Å²) in [5.74, 6) is -4.36. The van der Waals surface area contributed by atoms with Crippen LogP contribution in [0, 0.1) is 0 Å². The topological polar surface area (TPSA) is 203 Å². The molecule has 0 saturated carbocycles. The third kappa shape index (κ3) is 16.7. The molecular formula is C40H64N6O8. The van der Waals surface area contributed by atoms with E-state index in [1.807, 2.05) is 0 Å². The lowest BCUT2D eigenvalue weighted by atomic mass is 10.1. The maximum atomic E-state index is 13.3. The van der Waals surface area contributed by atoms with E-state index in [-0.39, 0.29) is 18.9 Å². The Balaban J connectivity index is 1.72. The van der Waals surface area contributed by atoms with Crippen molar-refractivity contribution in [2.75, 3.05) is 6.54 Å². The fourth-order valence-electron chi connectivity index (χ4n) is 6.41. The molecule has 2 rings (SSSR count). The molecule has 6 unspecified atom stereocenters. The molecule has 6 atom stereocenters. The number of nitrogens with one attached hydrogen (secondary N) is 5. The number of aliphatic carboxylic acids is 1. The van der Waals surface area contributed by atoms with Crippen molar-refractivity contribution >= 4 is 41.4 Å². The third-order valence-corrected chi connectivity index (χ3v) is 9.75. The summed E-state index contributed by atoms with van der Waals surface area (Å²) in [7, 11) is 0. The molecule has 14 heteroatoms. The Bertz CT molecular complexity index is 1380. The zero-order chi connectivity index (χ0) is 40.0. The molecule has 1 aliphatic rings. The molecule has 1 aliphatic heterocycles. The van der Waals surface area contributed by atoms with Crippen molar-refractivity contribution in [3.05, 3.63) is 35.9 Å². The highest BCUT2D eigenvalue weighted by atomic mass is 16.4. The van der Waals surface area contributed by atoms with Gasteiger partial charge in [0, 0.05) is 19.4 Å². The Kier molecular flexibility index (Phi) is 20.9. The van der Waals surface area contributed by atoms with Crippen molar-refractivity contribution in [2.45, 2.75) is 167 Å². The molecule has 0 aromatic heterocycles. The van der Waals surface area contributed by atoms with E-state index in [0.29, 0.717) is 19.3 Å². The van der Waals surface area contributed by atoms with E-state index in [0.717, 1.165) is 24.8 Å². The van der Waals surface area contributed by atoms with Crippen LogP contribution in [0.3, 0.4) is 0 Å². The molecule has 6 N–H and O–H groups in total. The number of hydrogen-bond donors (Lipinski definition) is 6. The fraction of sp³-hybridized carbons (Fsp3) is 0.675. The standard InChI is InChI=1S/C40H64N6O8/c1-6-7-8-9-10-11-12-13-14-15-19-24-34(47)41-27(2)35(48)42-28(3)36(49)43-29(4)37(50)44-30(5)39(52)46-25-20-23-33(46)38(51)45-32(40(53)54)26-31-21-17-16-18-22-31/h16-18,21-22,27-30,32-33H,6-15,19-20,23-26H2,1-5H3,(H,41,47)(H,42,48)(H,43,49)(H,44,50)(H,45,51)(H,53,54). The summed E-state index contributed by atoms with van der Waals surface area (Å²) in [4.78, 5) is 90.5. The van der Waals surface area contributed by atoms with E-state index < -0.39 is 71.8 Å². The van der Waals surface area contributed by atoms with Crippen molar-refractivity contribution in [3.8, 4) is 0 Å². The van der Waals surface area contributed by atoms with Crippen LogP contribution in [0.2, 0.25) is 0 Å². The molecule has 14 nitrogen and oxygen atoms in total. The molecule has 1 fully saturated rings. The largest absolute Gasteiger partial charge is 0.480 e.